The van der Waals surface area contributed by atoms with E-state index in [4.69, 9.17) is 9.26 Å². The van der Waals surface area contributed by atoms with Gasteiger partial charge in [-0.05, 0) is 25.2 Å². The van der Waals surface area contributed by atoms with Gasteiger partial charge in [0.1, 0.15) is 5.56 Å². The maximum atomic E-state index is 13.6. The lowest BCUT2D eigenvalue weighted by Gasteiger charge is -2.11. The minimum absolute atomic E-state index is 0.0665. The summed E-state index contributed by atoms with van der Waals surface area (Å²) in [7, 11) is 6.70. The molecule has 0 fully saturated rings. The summed E-state index contributed by atoms with van der Waals surface area (Å²) in [5, 5.41) is 9.71. The molecule has 1 heterocycles. The Bertz CT molecular complexity index is 715. The van der Waals surface area contributed by atoms with Crippen molar-refractivity contribution in [2.24, 2.45) is 0 Å². The quantitative estimate of drug-likeness (QED) is 0.746. The number of rotatable bonds is 7. The van der Waals surface area contributed by atoms with E-state index in [-0.39, 0.29) is 17.4 Å². The average Bonchev–Trinajstić information content (AvgIpc) is 3.00. The Morgan fingerprint density at radius 1 is 1.38 bits per heavy atom. The normalized spacial score (nSPS) is 10.5. The molecule has 24 heavy (non-hydrogen) atoms. The van der Waals surface area contributed by atoms with Gasteiger partial charge in [-0.1, -0.05) is 5.16 Å². The van der Waals surface area contributed by atoms with Gasteiger partial charge in [-0.15, -0.1) is 0 Å². The number of amides is 1. The smallest absolute Gasteiger partial charge is 0.259 e. The monoisotopic (exact) mass is 336 g/mol. The highest BCUT2D eigenvalue weighted by molar-refractivity contribution is 6.04. The number of hydrogen-bond acceptors (Lipinski definition) is 6. The first-order valence-corrected chi connectivity index (χ1v) is 7.43. The van der Waals surface area contributed by atoms with E-state index in [1.165, 1.54) is 25.3 Å². The van der Waals surface area contributed by atoms with E-state index < -0.39 is 5.82 Å². The van der Waals surface area contributed by atoms with Crippen LogP contribution >= 0.6 is 0 Å². The zero-order valence-corrected chi connectivity index (χ0v) is 14.1. The molecule has 7 nitrogen and oxygen atoms in total. The summed E-state index contributed by atoms with van der Waals surface area (Å²) in [5.74, 6) is -0.0758. The molecule has 130 valence electrons. The Morgan fingerprint density at radius 3 is 2.75 bits per heavy atom. The summed E-state index contributed by atoms with van der Waals surface area (Å²) in [6.07, 6.45) is 0. The second-order valence-corrected chi connectivity index (χ2v) is 5.31. The summed E-state index contributed by atoms with van der Waals surface area (Å²) in [6, 6.07) is 4.25. The third kappa shape index (κ3) is 3.65. The number of halogens is 1. The second kappa shape index (κ2) is 7.78. The number of hydrogen-bond donors (Lipinski definition) is 2. The van der Waals surface area contributed by atoms with E-state index in [2.05, 4.69) is 15.8 Å². The van der Waals surface area contributed by atoms with Crippen LogP contribution in [0.2, 0.25) is 0 Å². The third-order valence-corrected chi connectivity index (χ3v) is 3.40. The standard InChI is InChI=1S/C16H21FN4O3/c1-18-7-8-19-16(22)13-14(24-20-15(13)21(2)3)10-5-6-11(17)12(9-10)23-4/h5-6,9,18H,7-8H2,1-4H3,(H,19,22). The predicted molar refractivity (Wildman–Crippen MR) is 89.0 cm³/mol. The lowest BCUT2D eigenvalue weighted by Crippen LogP contribution is -2.31. The molecule has 2 aromatic rings. The molecule has 2 N–H and O–H groups in total. The Hall–Kier alpha value is -2.61. The van der Waals surface area contributed by atoms with E-state index in [9.17, 15) is 9.18 Å². The van der Waals surface area contributed by atoms with Gasteiger partial charge in [-0.2, -0.15) is 0 Å². The van der Waals surface area contributed by atoms with Gasteiger partial charge >= 0.3 is 0 Å². The molecule has 0 unspecified atom stereocenters. The molecule has 0 saturated carbocycles. The van der Waals surface area contributed by atoms with Crippen molar-refractivity contribution in [2.45, 2.75) is 0 Å². The molecule has 1 amide bonds. The Kier molecular flexibility index (Phi) is 5.75. The van der Waals surface area contributed by atoms with E-state index in [1.807, 2.05) is 0 Å². The van der Waals surface area contributed by atoms with Gasteiger partial charge < -0.3 is 24.8 Å². The fourth-order valence-electron chi connectivity index (χ4n) is 2.18. The summed E-state index contributed by atoms with van der Waals surface area (Å²) < 4.78 is 24.0. The van der Waals surface area contributed by atoms with Crippen LogP contribution in [-0.4, -0.2) is 52.4 Å². The summed E-state index contributed by atoms with van der Waals surface area (Å²) >= 11 is 0. The van der Waals surface area contributed by atoms with Crippen LogP contribution in [0.5, 0.6) is 5.75 Å². The molecule has 0 atom stereocenters. The number of benzene rings is 1. The van der Waals surface area contributed by atoms with Gasteiger partial charge in [-0.25, -0.2) is 4.39 Å². The van der Waals surface area contributed by atoms with Crippen molar-refractivity contribution < 1.29 is 18.4 Å². The molecule has 1 aromatic heterocycles. The molecule has 0 aliphatic rings. The second-order valence-electron chi connectivity index (χ2n) is 5.31. The first kappa shape index (κ1) is 17.7. The van der Waals surface area contributed by atoms with Crippen molar-refractivity contribution in [1.82, 2.24) is 15.8 Å². The summed E-state index contributed by atoms with van der Waals surface area (Å²) in [4.78, 5) is 14.2. The summed E-state index contributed by atoms with van der Waals surface area (Å²) in [6.45, 7) is 1.09. The van der Waals surface area contributed by atoms with E-state index in [0.29, 0.717) is 30.0 Å². The number of carbonyl (C=O) groups is 1. The highest BCUT2D eigenvalue weighted by Gasteiger charge is 2.25. The number of nitrogens with zero attached hydrogens (tertiary/aromatic N) is 2. The van der Waals surface area contributed by atoms with Gasteiger partial charge in [0.25, 0.3) is 5.91 Å². The number of likely N-dealkylation sites (N-methyl/N-ethyl adjacent to an activating group) is 1. The lowest BCUT2D eigenvalue weighted by molar-refractivity contribution is 0.0955. The third-order valence-electron chi connectivity index (χ3n) is 3.40. The average molecular weight is 336 g/mol. The van der Waals surface area contributed by atoms with Gasteiger partial charge in [0.15, 0.2) is 23.1 Å². The van der Waals surface area contributed by atoms with E-state index >= 15 is 0 Å². The van der Waals surface area contributed by atoms with Crippen molar-refractivity contribution in [3.63, 3.8) is 0 Å². The van der Waals surface area contributed by atoms with Crippen LogP contribution in [0.4, 0.5) is 10.2 Å². The van der Waals surface area contributed by atoms with Gasteiger partial charge in [0.2, 0.25) is 0 Å². The topological polar surface area (TPSA) is 79.6 Å². The zero-order chi connectivity index (χ0) is 17.7. The molecular formula is C16H21FN4O3. The Balaban J connectivity index is 2.45. The van der Waals surface area contributed by atoms with Crippen molar-refractivity contribution >= 4 is 11.7 Å². The van der Waals surface area contributed by atoms with Crippen molar-refractivity contribution in [1.29, 1.82) is 0 Å². The maximum absolute atomic E-state index is 13.6. The van der Waals surface area contributed by atoms with Crippen LogP contribution in [0.1, 0.15) is 10.4 Å². The SMILES string of the molecule is CNCCNC(=O)c1c(N(C)C)noc1-c1ccc(F)c(OC)c1. The zero-order valence-electron chi connectivity index (χ0n) is 14.1. The predicted octanol–water partition coefficient (Wildman–Crippen LogP) is 1.50. The number of aromatic nitrogens is 1. The summed E-state index contributed by atoms with van der Waals surface area (Å²) in [5.41, 5.74) is 0.803. The fourth-order valence-corrected chi connectivity index (χ4v) is 2.18. The van der Waals surface area contributed by atoms with Gasteiger partial charge in [-0.3, -0.25) is 4.79 Å². The number of carbonyl (C=O) groups excluding carboxylic acids is 1. The first-order valence-electron chi connectivity index (χ1n) is 7.43. The molecule has 0 aliphatic heterocycles. The molecule has 0 spiro atoms. The minimum Gasteiger partial charge on any atom is -0.494 e. The number of nitrogens with one attached hydrogen (secondary N) is 2. The van der Waals surface area contributed by atoms with Crippen LogP contribution in [0.3, 0.4) is 0 Å². The number of methoxy groups -OCH3 is 1. The minimum atomic E-state index is -0.492. The highest BCUT2D eigenvalue weighted by atomic mass is 19.1. The molecule has 1 aromatic carbocycles. The molecule has 0 radical (unpaired) electrons. The van der Waals surface area contributed by atoms with Gasteiger partial charge in [0, 0.05) is 32.7 Å². The number of ether oxygens (including phenoxy) is 1. The Morgan fingerprint density at radius 2 is 2.12 bits per heavy atom. The maximum Gasteiger partial charge on any atom is 0.259 e. The molecule has 0 bridgehead atoms. The van der Waals surface area contributed by atoms with Crippen LogP contribution in [0.25, 0.3) is 11.3 Å². The van der Waals surface area contributed by atoms with Crippen LogP contribution in [-0.2, 0) is 0 Å². The Labute approximate surface area is 139 Å². The van der Waals surface area contributed by atoms with E-state index in [0.717, 1.165) is 0 Å². The molecule has 0 saturated heterocycles. The number of anilines is 1. The van der Waals surface area contributed by atoms with Crippen LogP contribution in [0.15, 0.2) is 22.7 Å². The molecule has 8 heteroatoms. The highest BCUT2D eigenvalue weighted by Crippen LogP contribution is 2.33. The van der Waals surface area contributed by atoms with Crippen molar-refractivity contribution in [3.8, 4) is 17.1 Å². The molecule has 2 rings (SSSR count). The molecular weight excluding hydrogens is 315 g/mol. The fraction of sp³-hybridized carbons (Fsp3) is 0.375. The van der Waals surface area contributed by atoms with Crippen molar-refractivity contribution in [3.05, 3.63) is 29.6 Å². The van der Waals surface area contributed by atoms with Crippen LogP contribution in [0, 0.1) is 5.82 Å². The largest absolute Gasteiger partial charge is 0.494 e. The molecule has 0 aliphatic carbocycles. The van der Waals surface area contributed by atoms with Crippen molar-refractivity contribution in [2.75, 3.05) is 46.2 Å². The first-order chi connectivity index (χ1) is 11.5. The van der Waals surface area contributed by atoms with Crippen LogP contribution < -0.4 is 20.3 Å². The van der Waals surface area contributed by atoms with E-state index in [1.54, 1.807) is 26.0 Å². The van der Waals surface area contributed by atoms with Gasteiger partial charge in [0.05, 0.1) is 7.11 Å². The lowest BCUT2D eigenvalue weighted by atomic mass is 10.1.